The number of carbonyl (C=O) groups excluding carboxylic acids is 1. The summed E-state index contributed by atoms with van der Waals surface area (Å²) < 4.78 is 18.2. The van der Waals surface area contributed by atoms with Crippen molar-refractivity contribution in [1.29, 1.82) is 0 Å². The van der Waals surface area contributed by atoms with Crippen LogP contribution in [-0.4, -0.2) is 25.7 Å². The lowest BCUT2D eigenvalue weighted by Crippen LogP contribution is -2.22. The Morgan fingerprint density at radius 3 is 2.88 bits per heavy atom. The minimum atomic E-state index is -0.730. The SMILES string of the molecule is CCCNCCOC(=O)c1c(F)cccc1Cl. The Morgan fingerprint density at radius 2 is 2.24 bits per heavy atom. The zero-order chi connectivity index (χ0) is 12.7. The van der Waals surface area contributed by atoms with E-state index in [0.717, 1.165) is 13.0 Å². The summed E-state index contributed by atoms with van der Waals surface area (Å²) in [6, 6.07) is 4.08. The van der Waals surface area contributed by atoms with E-state index >= 15 is 0 Å². The number of hydrogen-bond acceptors (Lipinski definition) is 3. The highest BCUT2D eigenvalue weighted by Crippen LogP contribution is 2.19. The molecule has 0 atom stereocenters. The van der Waals surface area contributed by atoms with Crippen LogP contribution in [0.4, 0.5) is 4.39 Å². The van der Waals surface area contributed by atoms with Gasteiger partial charge in [0.2, 0.25) is 0 Å². The van der Waals surface area contributed by atoms with E-state index in [1.165, 1.54) is 18.2 Å². The molecule has 0 saturated heterocycles. The monoisotopic (exact) mass is 259 g/mol. The van der Waals surface area contributed by atoms with Crippen molar-refractivity contribution in [2.75, 3.05) is 19.7 Å². The van der Waals surface area contributed by atoms with Crippen LogP contribution in [0.25, 0.3) is 0 Å². The van der Waals surface area contributed by atoms with Crippen molar-refractivity contribution >= 4 is 17.6 Å². The highest BCUT2D eigenvalue weighted by molar-refractivity contribution is 6.33. The van der Waals surface area contributed by atoms with Gasteiger partial charge in [-0.15, -0.1) is 0 Å². The Hall–Kier alpha value is -1.13. The second-order valence-corrected chi connectivity index (χ2v) is 3.89. The Kier molecular flexibility index (Phi) is 5.94. The number of halogens is 2. The molecule has 5 heteroatoms. The predicted molar refractivity (Wildman–Crippen MR) is 64.9 cm³/mol. The third-order valence-corrected chi connectivity index (χ3v) is 2.42. The topological polar surface area (TPSA) is 38.3 Å². The molecule has 0 aliphatic heterocycles. The van der Waals surface area contributed by atoms with Gasteiger partial charge < -0.3 is 10.1 Å². The van der Waals surface area contributed by atoms with Gasteiger partial charge in [0.1, 0.15) is 18.0 Å². The first kappa shape index (κ1) is 13.9. The largest absolute Gasteiger partial charge is 0.461 e. The molecule has 0 saturated carbocycles. The van der Waals surface area contributed by atoms with E-state index in [1.54, 1.807) is 0 Å². The van der Waals surface area contributed by atoms with Gasteiger partial charge in [-0.3, -0.25) is 0 Å². The summed E-state index contributed by atoms with van der Waals surface area (Å²) in [7, 11) is 0. The van der Waals surface area contributed by atoms with Crippen LogP contribution >= 0.6 is 11.6 Å². The molecule has 0 aliphatic carbocycles. The molecule has 1 rings (SSSR count). The molecule has 94 valence electrons. The molecule has 0 radical (unpaired) electrons. The zero-order valence-electron chi connectivity index (χ0n) is 9.63. The molecule has 1 N–H and O–H groups in total. The molecule has 3 nitrogen and oxygen atoms in total. The van der Waals surface area contributed by atoms with Crippen molar-refractivity contribution in [1.82, 2.24) is 5.32 Å². The Bertz CT molecular complexity index is 365. The normalized spacial score (nSPS) is 10.3. The zero-order valence-corrected chi connectivity index (χ0v) is 10.4. The molecule has 17 heavy (non-hydrogen) atoms. The highest BCUT2D eigenvalue weighted by atomic mass is 35.5. The molecule has 0 spiro atoms. The first-order chi connectivity index (χ1) is 8.16. The fourth-order valence-electron chi connectivity index (χ4n) is 1.28. The maximum absolute atomic E-state index is 13.3. The average Bonchev–Trinajstić information content (AvgIpc) is 2.28. The summed E-state index contributed by atoms with van der Waals surface area (Å²) in [6.45, 7) is 3.64. The summed E-state index contributed by atoms with van der Waals surface area (Å²) in [4.78, 5) is 11.5. The minimum absolute atomic E-state index is 0.0662. The Morgan fingerprint density at radius 1 is 1.47 bits per heavy atom. The molecular formula is C12H15ClFNO2. The molecule has 1 aromatic rings. The van der Waals surface area contributed by atoms with Crippen molar-refractivity contribution < 1.29 is 13.9 Å². The van der Waals surface area contributed by atoms with Crippen LogP contribution < -0.4 is 5.32 Å². The van der Waals surface area contributed by atoms with Crippen molar-refractivity contribution in [3.05, 3.63) is 34.6 Å². The molecule has 0 aliphatic rings. The summed E-state index contributed by atoms with van der Waals surface area (Å²) in [5.74, 6) is -1.39. The molecule has 0 heterocycles. The van der Waals surface area contributed by atoms with Crippen molar-refractivity contribution in [2.45, 2.75) is 13.3 Å². The van der Waals surface area contributed by atoms with Gasteiger partial charge >= 0.3 is 5.97 Å². The summed E-state index contributed by atoms with van der Waals surface area (Å²) in [5.41, 5.74) is -0.204. The molecular weight excluding hydrogens is 245 g/mol. The fraction of sp³-hybridized carbons (Fsp3) is 0.417. The van der Waals surface area contributed by atoms with Crippen LogP contribution in [0, 0.1) is 5.82 Å². The van der Waals surface area contributed by atoms with E-state index in [-0.39, 0.29) is 17.2 Å². The summed E-state index contributed by atoms with van der Waals surface area (Å²) >= 11 is 5.73. The van der Waals surface area contributed by atoms with Crippen LogP contribution in [0.2, 0.25) is 5.02 Å². The number of ether oxygens (including phenoxy) is 1. The third-order valence-electron chi connectivity index (χ3n) is 2.11. The summed E-state index contributed by atoms with van der Waals surface area (Å²) in [6.07, 6.45) is 1.01. The van der Waals surface area contributed by atoms with E-state index in [1.807, 2.05) is 6.92 Å². The number of esters is 1. The smallest absolute Gasteiger partial charge is 0.342 e. The first-order valence-corrected chi connectivity index (χ1v) is 5.86. The Labute approximate surface area is 105 Å². The van der Waals surface area contributed by atoms with E-state index in [9.17, 15) is 9.18 Å². The summed E-state index contributed by atoms with van der Waals surface area (Å²) in [5, 5.41) is 3.13. The van der Waals surface area contributed by atoms with E-state index in [0.29, 0.717) is 6.54 Å². The van der Waals surface area contributed by atoms with Gasteiger partial charge in [0, 0.05) is 6.54 Å². The molecule has 1 aromatic carbocycles. The minimum Gasteiger partial charge on any atom is -0.461 e. The van der Waals surface area contributed by atoms with Gasteiger partial charge in [-0.2, -0.15) is 0 Å². The van der Waals surface area contributed by atoms with Crippen molar-refractivity contribution in [2.24, 2.45) is 0 Å². The second-order valence-electron chi connectivity index (χ2n) is 3.48. The van der Waals surface area contributed by atoms with Crippen LogP contribution in [0.15, 0.2) is 18.2 Å². The standard InChI is InChI=1S/C12H15ClFNO2/c1-2-6-15-7-8-17-12(16)11-9(13)4-3-5-10(11)14/h3-5,15H,2,6-8H2,1H3. The lowest BCUT2D eigenvalue weighted by molar-refractivity contribution is 0.0504. The van der Waals surface area contributed by atoms with Crippen LogP contribution in [0.3, 0.4) is 0 Å². The van der Waals surface area contributed by atoms with E-state index in [2.05, 4.69) is 5.32 Å². The number of carbonyl (C=O) groups is 1. The molecule has 0 aromatic heterocycles. The molecule has 0 fully saturated rings. The lowest BCUT2D eigenvalue weighted by Gasteiger charge is -2.07. The van der Waals surface area contributed by atoms with Crippen LogP contribution in [0.5, 0.6) is 0 Å². The van der Waals surface area contributed by atoms with Gasteiger partial charge in [-0.1, -0.05) is 24.6 Å². The fourth-order valence-corrected chi connectivity index (χ4v) is 1.52. The van der Waals surface area contributed by atoms with Gasteiger partial charge in [0.05, 0.1) is 5.02 Å². The second kappa shape index (κ2) is 7.25. The van der Waals surface area contributed by atoms with Crippen molar-refractivity contribution in [3.63, 3.8) is 0 Å². The third kappa shape index (κ3) is 4.32. The number of nitrogens with one attached hydrogen (secondary N) is 1. The predicted octanol–water partition coefficient (Wildman–Crippen LogP) is 2.64. The van der Waals surface area contributed by atoms with Gasteiger partial charge in [0.15, 0.2) is 0 Å². The van der Waals surface area contributed by atoms with Gasteiger partial charge in [-0.25, -0.2) is 9.18 Å². The highest BCUT2D eigenvalue weighted by Gasteiger charge is 2.16. The molecule has 0 bridgehead atoms. The quantitative estimate of drug-likeness (QED) is 0.630. The van der Waals surface area contributed by atoms with Gasteiger partial charge in [-0.05, 0) is 25.1 Å². The van der Waals surface area contributed by atoms with Crippen LogP contribution in [0.1, 0.15) is 23.7 Å². The van der Waals surface area contributed by atoms with Crippen LogP contribution in [-0.2, 0) is 4.74 Å². The maximum Gasteiger partial charge on any atom is 0.342 e. The molecule has 0 unspecified atom stereocenters. The number of rotatable bonds is 6. The van der Waals surface area contributed by atoms with E-state index in [4.69, 9.17) is 16.3 Å². The lowest BCUT2D eigenvalue weighted by atomic mass is 10.2. The number of benzene rings is 1. The van der Waals surface area contributed by atoms with Gasteiger partial charge in [0.25, 0.3) is 0 Å². The number of hydrogen-bond donors (Lipinski definition) is 1. The molecule has 0 amide bonds. The van der Waals surface area contributed by atoms with Crippen molar-refractivity contribution in [3.8, 4) is 0 Å². The Balaban J connectivity index is 2.47. The van der Waals surface area contributed by atoms with E-state index < -0.39 is 11.8 Å². The maximum atomic E-state index is 13.3. The average molecular weight is 260 g/mol. The first-order valence-electron chi connectivity index (χ1n) is 5.48.